The van der Waals surface area contributed by atoms with E-state index in [1.165, 1.54) is 37.7 Å². The van der Waals surface area contributed by atoms with Gasteiger partial charge in [-0.05, 0) is 29.9 Å². The summed E-state index contributed by atoms with van der Waals surface area (Å²) >= 11 is 0. The summed E-state index contributed by atoms with van der Waals surface area (Å²) in [6.45, 7) is 0. The first-order chi connectivity index (χ1) is 9.35. The van der Waals surface area contributed by atoms with Gasteiger partial charge in [-0.25, -0.2) is 0 Å². The Morgan fingerprint density at radius 1 is 1.26 bits per heavy atom. The van der Waals surface area contributed by atoms with Gasteiger partial charge >= 0.3 is 0 Å². The van der Waals surface area contributed by atoms with Gasteiger partial charge in [-0.3, -0.25) is 0 Å². The minimum absolute atomic E-state index is 0.213. The van der Waals surface area contributed by atoms with Crippen LogP contribution in [0.25, 0.3) is 10.4 Å². The molecule has 0 aliphatic heterocycles. The average molecular weight is 260 g/mol. The summed E-state index contributed by atoms with van der Waals surface area (Å²) in [5, 5.41) is 3.59. The fourth-order valence-electron chi connectivity index (χ4n) is 2.83. The number of rotatable bonds is 5. The average Bonchev–Trinajstić information content (AvgIpc) is 2.47. The molecule has 0 unspecified atom stereocenters. The maximum Gasteiger partial charge on any atom is 0.0599 e. The second-order valence-corrected chi connectivity index (χ2v) is 4.98. The lowest BCUT2D eigenvalue weighted by Gasteiger charge is -2.30. The molecule has 1 aliphatic rings. The molecule has 1 aromatic carbocycles. The molecule has 1 N–H and O–H groups in total. The molecule has 0 aromatic heterocycles. The molecule has 0 bridgehead atoms. The van der Waals surface area contributed by atoms with Gasteiger partial charge in [0, 0.05) is 10.6 Å². The minimum atomic E-state index is 0.213. The number of nitrogens with zero attached hydrogens (tertiary/aromatic N) is 3. The number of benzene rings is 1. The van der Waals surface area contributed by atoms with Crippen molar-refractivity contribution in [2.75, 3.05) is 7.11 Å². The molecule has 0 amide bonds. The Labute approximate surface area is 113 Å². The Morgan fingerprint density at radius 2 is 1.95 bits per heavy atom. The van der Waals surface area contributed by atoms with Gasteiger partial charge in [0.1, 0.15) is 0 Å². The van der Waals surface area contributed by atoms with Gasteiger partial charge in [-0.2, -0.15) is 5.48 Å². The third kappa shape index (κ3) is 3.70. The van der Waals surface area contributed by atoms with E-state index in [2.05, 4.69) is 15.5 Å². The van der Waals surface area contributed by atoms with Crippen LogP contribution in [0.5, 0.6) is 0 Å². The van der Waals surface area contributed by atoms with Crippen LogP contribution in [0.4, 0.5) is 5.69 Å². The molecule has 2 rings (SSSR count). The Morgan fingerprint density at radius 3 is 2.53 bits per heavy atom. The highest BCUT2D eigenvalue weighted by Crippen LogP contribution is 2.34. The Kier molecular flexibility index (Phi) is 5.21. The molecule has 1 saturated carbocycles. The first kappa shape index (κ1) is 13.9. The van der Waals surface area contributed by atoms with Gasteiger partial charge in [0.15, 0.2) is 0 Å². The van der Waals surface area contributed by atoms with Crippen molar-refractivity contribution in [3.05, 3.63) is 40.3 Å². The van der Waals surface area contributed by atoms with E-state index in [1.54, 1.807) is 7.11 Å². The van der Waals surface area contributed by atoms with Gasteiger partial charge in [0.2, 0.25) is 0 Å². The SMILES string of the molecule is CON[C@@H](c1ccc(N=[N+]=[N-])cc1)C1CCCCC1. The molecule has 0 saturated heterocycles. The van der Waals surface area contributed by atoms with Crippen molar-refractivity contribution in [1.82, 2.24) is 5.48 Å². The van der Waals surface area contributed by atoms with E-state index in [-0.39, 0.29) is 6.04 Å². The molecular weight excluding hydrogens is 240 g/mol. The first-order valence-electron chi connectivity index (χ1n) is 6.78. The highest BCUT2D eigenvalue weighted by Gasteiger charge is 2.24. The van der Waals surface area contributed by atoms with Crippen molar-refractivity contribution < 1.29 is 4.84 Å². The van der Waals surface area contributed by atoms with Crippen LogP contribution in [-0.4, -0.2) is 7.11 Å². The number of nitrogens with one attached hydrogen (secondary N) is 1. The van der Waals surface area contributed by atoms with E-state index in [1.807, 2.05) is 24.3 Å². The van der Waals surface area contributed by atoms with Crippen LogP contribution in [0, 0.1) is 5.92 Å². The molecule has 5 heteroatoms. The summed E-state index contributed by atoms with van der Waals surface area (Å²) in [5.41, 5.74) is 13.4. The summed E-state index contributed by atoms with van der Waals surface area (Å²) in [7, 11) is 1.66. The predicted octanol–water partition coefficient (Wildman–Crippen LogP) is 4.40. The van der Waals surface area contributed by atoms with E-state index in [4.69, 9.17) is 10.4 Å². The van der Waals surface area contributed by atoms with Gasteiger partial charge in [0.25, 0.3) is 0 Å². The fraction of sp³-hybridized carbons (Fsp3) is 0.571. The van der Waals surface area contributed by atoms with Crippen LogP contribution >= 0.6 is 0 Å². The normalized spacial score (nSPS) is 17.7. The molecule has 19 heavy (non-hydrogen) atoms. The van der Waals surface area contributed by atoms with E-state index in [0.717, 1.165) is 0 Å². The zero-order valence-corrected chi connectivity index (χ0v) is 11.2. The molecular formula is C14H20N4O. The lowest BCUT2D eigenvalue weighted by molar-refractivity contribution is 0.0332. The number of hydroxylamine groups is 1. The summed E-state index contributed by atoms with van der Waals surface area (Å²) in [4.78, 5) is 7.95. The summed E-state index contributed by atoms with van der Waals surface area (Å²) < 4.78 is 0. The third-order valence-electron chi connectivity index (χ3n) is 3.78. The standard InChI is InChI=1S/C14H20N4O/c1-19-17-14(11-5-3-2-4-6-11)12-7-9-13(10-8-12)16-18-15/h7-11,14,17H,2-6H2,1H3/t14-/m1/s1. The van der Waals surface area contributed by atoms with Crippen molar-refractivity contribution >= 4 is 5.69 Å². The molecule has 5 nitrogen and oxygen atoms in total. The van der Waals surface area contributed by atoms with Crippen LogP contribution in [0.15, 0.2) is 29.4 Å². The van der Waals surface area contributed by atoms with E-state index in [0.29, 0.717) is 11.6 Å². The van der Waals surface area contributed by atoms with Crippen LogP contribution in [-0.2, 0) is 4.84 Å². The Balaban J connectivity index is 2.14. The highest BCUT2D eigenvalue weighted by atomic mass is 16.6. The van der Waals surface area contributed by atoms with Gasteiger partial charge in [0.05, 0.1) is 13.2 Å². The number of azide groups is 1. The smallest absolute Gasteiger partial charge is 0.0599 e. The molecule has 0 heterocycles. The fourth-order valence-corrected chi connectivity index (χ4v) is 2.83. The highest BCUT2D eigenvalue weighted by molar-refractivity contribution is 5.39. The second-order valence-electron chi connectivity index (χ2n) is 4.98. The van der Waals surface area contributed by atoms with Crippen molar-refractivity contribution in [3.63, 3.8) is 0 Å². The molecule has 1 aromatic rings. The zero-order chi connectivity index (χ0) is 13.5. The minimum Gasteiger partial charge on any atom is -0.305 e. The molecule has 1 fully saturated rings. The quantitative estimate of drug-likeness (QED) is 0.369. The number of hydrogen-bond donors (Lipinski definition) is 1. The van der Waals surface area contributed by atoms with Crippen LogP contribution in [0.1, 0.15) is 43.7 Å². The van der Waals surface area contributed by atoms with Crippen molar-refractivity contribution in [3.8, 4) is 0 Å². The van der Waals surface area contributed by atoms with Crippen molar-refractivity contribution in [2.45, 2.75) is 38.1 Å². The molecule has 0 radical (unpaired) electrons. The lowest BCUT2D eigenvalue weighted by Crippen LogP contribution is -2.29. The molecule has 1 aliphatic carbocycles. The Bertz CT molecular complexity index is 433. The molecule has 0 spiro atoms. The van der Waals surface area contributed by atoms with Gasteiger partial charge in [-0.1, -0.05) is 48.6 Å². The third-order valence-corrected chi connectivity index (χ3v) is 3.78. The summed E-state index contributed by atoms with van der Waals surface area (Å²) in [5.74, 6) is 0.610. The van der Waals surface area contributed by atoms with Crippen molar-refractivity contribution in [1.29, 1.82) is 0 Å². The summed E-state index contributed by atoms with van der Waals surface area (Å²) in [6.07, 6.45) is 6.40. The first-order valence-corrected chi connectivity index (χ1v) is 6.78. The molecule has 1 atom stereocenters. The van der Waals surface area contributed by atoms with Gasteiger partial charge in [-0.15, -0.1) is 0 Å². The zero-order valence-electron chi connectivity index (χ0n) is 11.2. The van der Waals surface area contributed by atoms with Crippen LogP contribution in [0.2, 0.25) is 0 Å². The lowest BCUT2D eigenvalue weighted by atomic mass is 9.81. The maximum absolute atomic E-state index is 8.41. The maximum atomic E-state index is 8.41. The van der Waals surface area contributed by atoms with E-state index in [9.17, 15) is 0 Å². The van der Waals surface area contributed by atoms with Gasteiger partial charge < -0.3 is 4.84 Å². The Hall–Kier alpha value is -1.55. The predicted molar refractivity (Wildman–Crippen MR) is 74.7 cm³/mol. The van der Waals surface area contributed by atoms with E-state index >= 15 is 0 Å². The summed E-state index contributed by atoms with van der Waals surface area (Å²) in [6, 6.07) is 7.93. The largest absolute Gasteiger partial charge is 0.305 e. The van der Waals surface area contributed by atoms with Crippen LogP contribution in [0.3, 0.4) is 0 Å². The van der Waals surface area contributed by atoms with Crippen molar-refractivity contribution in [2.24, 2.45) is 11.0 Å². The second kappa shape index (κ2) is 7.14. The van der Waals surface area contributed by atoms with Crippen LogP contribution < -0.4 is 5.48 Å². The topological polar surface area (TPSA) is 70.0 Å². The number of hydrogen-bond acceptors (Lipinski definition) is 3. The molecule has 102 valence electrons. The monoisotopic (exact) mass is 260 g/mol. The van der Waals surface area contributed by atoms with E-state index < -0.39 is 0 Å².